The van der Waals surface area contributed by atoms with Crippen LogP contribution in [-0.4, -0.2) is 37.4 Å². The first-order chi connectivity index (χ1) is 17.9. The van der Waals surface area contributed by atoms with Crippen molar-refractivity contribution in [2.45, 2.75) is 102 Å². The van der Waals surface area contributed by atoms with Crippen LogP contribution in [0.25, 0.3) is 0 Å². The van der Waals surface area contributed by atoms with Crippen LogP contribution >= 0.6 is 0 Å². The molecule has 0 radical (unpaired) electrons. The van der Waals surface area contributed by atoms with Gasteiger partial charge in [-0.2, -0.15) is 8.42 Å². The zero-order chi connectivity index (χ0) is 27.3. The Bertz CT molecular complexity index is 1250. The van der Waals surface area contributed by atoms with Gasteiger partial charge in [-0.3, -0.25) is 4.79 Å². The van der Waals surface area contributed by atoms with Gasteiger partial charge >= 0.3 is 0 Å². The van der Waals surface area contributed by atoms with Crippen molar-refractivity contribution >= 4 is 21.7 Å². The van der Waals surface area contributed by atoms with Crippen LogP contribution in [0.1, 0.15) is 90.5 Å². The van der Waals surface area contributed by atoms with Crippen molar-refractivity contribution in [3.63, 3.8) is 0 Å². The van der Waals surface area contributed by atoms with Gasteiger partial charge in [0, 0.05) is 6.42 Å². The molecule has 5 rings (SSSR count). The van der Waals surface area contributed by atoms with Crippen molar-refractivity contribution in [1.82, 2.24) is 0 Å². The zero-order valence-electron chi connectivity index (χ0n) is 23.3. The van der Waals surface area contributed by atoms with Crippen molar-refractivity contribution in [2.24, 2.45) is 33.0 Å². The van der Waals surface area contributed by atoms with Gasteiger partial charge in [0.15, 0.2) is 5.78 Å². The monoisotopic (exact) mass is 541 g/mol. The molecule has 0 spiro atoms. The number of hydrogen-bond acceptors (Lipinski definition) is 5. The molecule has 1 N–H and O–H groups in total. The molecule has 0 amide bonds. The number of ether oxygens (including phenoxy) is 1. The molecule has 1 aromatic rings. The average Bonchev–Trinajstić information content (AvgIpc) is 3.13. The molecule has 3 fully saturated rings. The summed E-state index contributed by atoms with van der Waals surface area (Å²) in [6, 6.07) is 6.66. The SMILES string of the molecule is CCCO/C(C[C@]1(O)CC[C@H]2[C@@H]3CCC4=CC(=O)CC[C@]4(C)[C@H]3CC[C@@]21C)=N/S(=O)(=O)c1ccc(C)cc1. The number of carbonyl (C=O) groups is 1. The highest BCUT2D eigenvalue weighted by atomic mass is 32.2. The summed E-state index contributed by atoms with van der Waals surface area (Å²) < 4.78 is 36.4. The molecule has 4 aliphatic carbocycles. The van der Waals surface area contributed by atoms with Gasteiger partial charge in [-0.1, -0.05) is 44.0 Å². The molecule has 38 heavy (non-hydrogen) atoms. The first kappa shape index (κ1) is 27.6. The number of carbonyl (C=O) groups excluding carboxylic acids is 1. The maximum atomic E-state index is 13.2. The van der Waals surface area contributed by atoms with E-state index in [1.807, 2.05) is 19.9 Å². The first-order valence-electron chi connectivity index (χ1n) is 14.4. The molecule has 0 aromatic heterocycles. The standard InChI is InChI=1S/C31H43NO5S/c1-5-18-37-28(32-38(35,36)24-9-6-21(2)7-10-24)20-31(34)17-14-27-25-11-8-22-19-23(33)12-15-29(22,3)26(25)13-16-30(27,31)4/h6-7,9-10,19,25-27,34H,5,8,11-18,20H2,1-4H3/b32-28+/t25-,26+,27+,29+,30+,31-/m1/s1. The van der Waals surface area contributed by atoms with Crippen molar-refractivity contribution in [3.05, 3.63) is 41.5 Å². The number of aliphatic hydroxyl groups is 1. The van der Waals surface area contributed by atoms with Gasteiger partial charge < -0.3 is 9.84 Å². The predicted molar refractivity (Wildman–Crippen MR) is 148 cm³/mol. The Morgan fingerprint density at radius 3 is 2.47 bits per heavy atom. The third-order valence-corrected chi connectivity index (χ3v) is 12.1. The topological polar surface area (TPSA) is 93.0 Å². The Balaban J connectivity index is 1.42. The highest BCUT2D eigenvalue weighted by Crippen LogP contribution is 2.68. The van der Waals surface area contributed by atoms with E-state index >= 15 is 0 Å². The number of ketones is 1. The van der Waals surface area contributed by atoms with E-state index in [0.29, 0.717) is 37.2 Å². The molecule has 7 heteroatoms. The Morgan fingerprint density at radius 1 is 1.05 bits per heavy atom. The molecule has 0 heterocycles. The van der Waals surface area contributed by atoms with Crippen molar-refractivity contribution in [2.75, 3.05) is 6.61 Å². The second kappa shape index (κ2) is 9.88. The second-order valence-electron chi connectivity index (χ2n) is 12.8. The third kappa shape index (κ3) is 4.57. The van der Waals surface area contributed by atoms with Gasteiger partial charge in [-0.25, -0.2) is 0 Å². The summed E-state index contributed by atoms with van der Waals surface area (Å²) in [6.07, 6.45) is 9.82. The molecular formula is C31H43NO5S. The minimum Gasteiger partial charge on any atom is -0.480 e. The predicted octanol–water partition coefficient (Wildman–Crippen LogP) is 6.16. The maximum absolute atomic E-state index is 13.2. The van der Waals surface area contributed by atoms with Crippen LogP contribution in [0.5, 0.6) is 0 Å². The molecule has 0 saturated heterocycles. The molecule has 1 aromatic carbocycles. The van der Waals surface area contributed by atoms with Gasteiger partial charge in [-0.15, -0.1) is 4.40 Å². The second-order valence-corrected chi connectivity index (χ2v) is 14.4. The number of fused-ring (bicyclic) bond motifs is 5. The quantitative estimate of drug-likeness (QED) is 0.344. The summed E-state index contributed by atoms with van der Waals surface area (Å²) in [5.74, 6) is 1.79. The summed E-state index contributed by atoms with van der Waals surface area (Å²) in [7, 11) is -3.95. The Morgan fingerprint density at radius 2 is 1.76 bits per heavy atom. The van der Waals surface area contributed by atoms with Crippen LogP contribution in [0.15, 0.2) is 45.2 Å². The van der Waals surface area contributed by atoms with E-state index in [0.717, 1.165) is 50.5 Å². The molecule has 0 unspecified atom stereocenters. The fraction of sp³-hybridized carbons (Fsp3) is 0.677. The lowest BCUT2D eigenvalue weighted by Crippen LogP contribution is -2.55. The lowest BCUT2D eigenvalue weighted by molar-refractivity contribution is -0.128. The van der Waals surface area contributed by atoms with Crippen molar-refractivity contribution < 1.29 is 23.1 Å². The molecule has 3 saturated carbocycles. The van der Waals surface area contributed by atoms with Crippen LogP contribution in [0.4, 0.5) is 0 Å². The Kier molecular flexibility index (Phi) is 7.17. The van der Waals surface area contributed by atoms with E-state index in [-0.39, 0.29) is 33.8 Å². The van der Waals surface area contributed by atoms with E-state index in [1.165, 1.54) is 5.57 Å². The van der Waals surface area contributed by atoms with Crippen LogP contribution < -0.4 is 0 Å². The average molecular weight is 542 g/mol. The highest BCUT2D eigenvalue weighted by molar-refractivity contribution is 7.90. The van der Waals surface area contributed by atoms with Crippen LogP contribution in [0.3, 0.4) is 0 Å². The largest absolute Gasteiger partial charge is 0.480 e. The summed E-state index contributed by atoms with van der Waals surface area (Å²) in [4.78, 5) is 12.3. The van der Waals surface area contributed by atoms with Gasteiger partial charge in [0.05, 0.1) is 23.5 Å². The first-order valence-corrected chi connectivity index (χ1v) is 15.9. The van der Waals surface area contributed by atoms with Crippen molar-refractivity contribution in [3.8, 4) is 0 Å². The molecule has 0 bridgehead atoms. The van der Waals surface area contributed by atoms with E-state index in [4.69, 9.17) is 4.74 Å². The van der Waals surface area contributed by atoms with Crippen LogP contribution in [0.2, 0.25) is 0 Å². The number of sulfonamides is 1. The number of aryl methyl sites for hydroxylation is 1. The molecular weight excluding hydrogens is 498 g/mol. The van der Waals surface area contributed by atoms with Crippen LogP contribution in [-0.2, 0) is 19.6 Å². The summed E-state index contributed by atoms with van der Waals surface area (Å²) in [6.45, 7) is 8.82. The molecule has 0 aliphatic heterocycles. The smallest absolute Gasteiger partial charge is 0.285 e. The summed E-state index contributed by atoms with van der Waals surface area (Å²) in [5, 5.41) is 12.2. The lowest BCUT2D eigenvalue weighted by Gasteiger charge is -2.59. The number of benzene rings is 1. The lowest BCUT2D eigenvalue weighted by atomic mass is 9.46. The minimum absolute atomic E-state index is 0.0812. The number of rotatable bonds is 6. The number of hydrogen-bond donors (Lipinski definition) is 1. The Labute approximate surface area is 228 Å². The van der Waals surface area contributed by atoms with Gasteiger partial charge in [0.2, 0.25) is 5.90 Å². The van der Waals surface area contributed by atoms with Crippen LogP contribution in [0, 0.1) is 35.5 Å². The molecule has 6 nitrogen and oxygen atoms in total. The summed E-state index contributed by atoms with van der Waals surface area (Å²) >= 11 is 0. The van der Waals surface area contributed by atoms with Gasteiger partial charge in [0.25, 0.3) is 10.0 Å². The van der Waals surface area contributed by atoms with E-state index < -0.39 is 15.6 Å². The third-order valence-electron chi connectivity index (χ3n) is 10.7. The molecule has 4 aliphatic rings. The fourth-order valence-corrected chi connectivity index (χ4v) is 9.41. The van der Waals surface area contributed by atoms with E-state index in [1.54, 1.807) is 24.3 Å². The zero-order valence-corrected chi connectivity index (χ0v) is 24.1. The van der Waals surface area contributed by atoms with E-state index in [9.17, 15) is 18.3 Å². The number of nitrogens with zero attached hydrogens (tertiary/aromatic N) is 1. The molecule has 208 valence electrons. The summed E-state index contributed by atoms with van der Waals surface area (Å²) in [5.41, 5.74) is 0.995. The Hall–Kier alpha value is -1.99. The normalized spacial score (nSPS) is 37.2. The number of allylic oxidation sites excluding steroid dienone is 1. The minimum atomic E-state index is -3.95. The highest BCUT2D eigenvalue weighted by Gasteiger charge is 2.64. The van der Waals surface area contributed by atoms with E-state index in [2.05, 4.69) is 18.2 Å². The fourth-order valence-electron chi connectivity index (χ4n) is 8.44. The van der Waals surface area contributed by atoms with Gasteiger partial charge in [-0.05, 0) is 105 Å². The molecule has 6 atom stereocenters. The van der Waals surface area contributed by atoms with Crippen molar-refractivity contribution in [1.29, 1.82) is 0 Å². The van der Waals surface area contributed by atoms with Gasteiger partial charge in [0.1, 0.15) is 0 Å². The maximum Gasteiger partial charge on any atom is 0.285 e.